The summed E-state index contributed by atoms with van der Waals surface area (Å²) in [5.74, 6) is 0.881. The van der Waals surface area contributed by atoms with E-state index in [1.54, 1.807) is 11.8 Å². The van der Waals surface area contributed by atoms with Crippen LogP contribution in [0.25, 0.3) is 0 Å². The monoisotopic (exact) mass is 550 g/mol. The first-order valence-corrected chi connectivity index (χ1v) is 14.1. The van der Waals surface area contributed by atoms with Crippen molar-refractivity contribution in [3.63, 3.8) is 0 Å². The molecule has 0 radical (unpaired) electrons. The molecule has 7 nitrogen and oxygen atoms in total. The lowest BCUT2D eigenvalue weighted by molar-refractivity contribution is -0.119. The number of halogens is 2. The fraction of sp³-hybridized carbons (Fsp3) is 0.240. The fourth-order valence-corrected chi connectivity index (χ4v) is 6.08. The largest absolute Gasteiger partial charge is 0.486 e. The van der Waals surface area contributed by atoms with Crippen LogP contribution in [0.5, 0.6) is 11.5 Å². The fourth-order valence-electron chi connectivity index (χ4n) is 3.50. The zero-order valence-electron chi connectivity index (χ0n) is 19.2. The average Bonchev–Trinajstić information content (AvgIpc) is 2.87. The van der Waals surface area contributed by atoms with Crippen LogP contribution in [0.2, 0.25) is 5.02 Å². The van der Waals surface area contributed by atoms with E-state index in [1.165, 1.54) is 36.4 Å². The number of rotatable bonds is 10. The van der Waals surface area contributed by atoms with Gasteiger partial charge in [0.1, 0.15) is 25.6 Å². The van der Waals surface area contributed by atoms with E-state index in [0.29, 0.717) is 47.8 Å². The average molecular weight is 551 g/mol. The molecular weight excluding hydrogens is 527 g/mol. The molecule has 190 valence electrons. The first kappa shape index (κ1) is 26.1. The maximum Gasteiger partial charge on any atom is 0.264 e. The highest BCUT2D eigenvalue weighted by atomic mass is 35.5. The summed E-state index contributed by atoms with van der Waals surface area (Å²) >= 11 is 7.75. The van der Waals surface area contributed by atoms with Gasteiger partial charge in [-0.25, -0.2) is 12.8 Å². The second kappa shape index (κ2) is 11.9. The van der Waals surface area contributed by atoms with Gasteiger partial charge in [-0.15, -0.1) is 0 Å². The Bertz CT molecular complexity index is 1340. The Morgan fingerprint density at radius 3 is 2.58 bits per heavy atom. The second-order valence-electron chi connectivity index (χ2n) is 7.79. The molecule has 11 heteroatoms. The molecule has 36 heavy (non-hydrogen) atoms. The van der Waals surface area contributed by atoms with E-state index in [1.807, 2.05) is 24.3 Å². The molecule has 0 bridgehead atoms. The van der Waals surface area contributed by atoms with Gasteiger partial charge in [0.05, 0.1) is 10.6 Å². The quantitative estimate of drug-likeness (QED) is 0.374. The first-order chi connectivity index (χ1) is 17.3. The van der Waals surface area contributed by atoms with Crippen molar-refractivity contribution in [3.05, 3.63) is 83.1 Å². The van der Waals surface area contributed by atoms with Gasteiger partial charge in [0.2, 0.25) is 5.91 Å². The Labute approximate surface area is 218 Å². The lowest BCUT2D eigenvalue weighted by Gasteiger charge is -2.25. The number of anilines is 1. The van der Waals surface area contributed by atoms with Crippen LogP contribution in [0.1, 0.15) is 5.56 Å². The van der Waals surface area contributed by atoms with Crippen molar-refractivity contribution in [2.24, 2.45) is 0 Å². The van der Waals surface area contributed by atoms with Gasteiger partial charge in [-0.05, 0) is 42.0 Å². The minimum atomic E-state index is -4.23. The highest BCUT2D eigenvalue weighted by Gasteiger charge is 2.29. The van der Waals surface area contributed by atoms with Crippen LogP contribution in [0, 0.1) is 5.82 Å². The van der Waals surface area contributed by atoms with E-state index in [0.717, 1.165) is 15.9 Å². The lowest BCUT2D eigenvalue weighted by Crippen LogP contribution is -2.41. The molecule has 0 spiro atoms. The summed E-state index contributed by atoms with van der Waals surface area (Å²) in [6.07, 6.45) is 0. The Hall–Kier alpha value is -2.95. The predicted molar refractivity (Wildman–Crippen MR) is 139 cm³/mol. The van der Waals surface area contributed by atoms with Crippen LogP contribution in [-0.2, 0) is 20.6 Å². The number of benzene rings is 3. The van der Waals surface area contributed by atoms with Gasteiger partial charge in [-0.2, -0.15) is 11.8 Å². The number of hydrogen-bond donors (Lipinski definition) is 1. The van der Waals surface area contributed by atoms with E-state index in [2.05, 4.69) is 5.32 Å². The van der Waals surface area contributed by atoms with E-state index in [9.17, 15) is 17.6 Å². The van der Waals surface area contributed by atoms with Crippen molar-refractivity contribution >= 4 is 45.0 Å². The smallest absolute Gasteiger partial charge is 0.264 e. The Morgan fingerprint density at radius 2 is 1.81 bits per heavy atom. The number of thioether (sulfide) groups is 1. The number of carbonyl (C=O) groups excluding carboxylic acids is 1. The third kappa shape index (κ3) is 6.43. The van der Waals surface area contributed by atoms with Crippen LogP contribution in [0.15, 0.2) is 71.6 Å². The molecule has 0 fully saturated rings. The van der Waals surface area contributed by atoms with Crippen molar-refractivity contribution in [2.75, 3.05) is 36.4 Å². The Balaban J connectivity index is 1.44. The molecule has 3 aromatic carbocycles. The van der Waals surface area contributed by atoms with Gasteiger partial charge in [-0.3, -0.25) is 9.10 Å². The molecule has 3 aromatic rings. The van der Waals surface area contributed by atoms with Crippen molar-refractivity contribution < 1.29 is 27.1 Å². The molecule has 0 aromatic heterocycles. The van der Waals surface area contributed by atoms with Gasteiger partial charge in [0, 0.05) is 29.1 Å². The highest BCUT2D eigenvalue weighted by molar-refractivity contribution is 7.98. The number of ether oxygens (including phenoxy) is 2. The van der Waals surface area contributed by atoms with E-state index in [-0.39, 0.29) is 10.6 Å². The maximum absolute atomic E-state index is 14.0. The number of fused-ring (bicyclic) bond motifs is 1. The van der Waals surface area contributed by atoms with Gasteiger partial charge < -0.3 is 14.8 Å². The summed E-state index contributed by atoms with van der Waals surface area (Å²) in [6.45, 7) is 0.469. The van der Waals surface area contributed by atoms with Crippen LogP contribution >= 0.6 is 23.4 Å². The van der Waals surface area contributed by atoms with Crippen molar-refractivity contribution in [1.82, 2.24) is 5.32 Å². The number of sulfonamides is 1. The van der Waals surface area contributed by atoms with Gasteiger partial charge in [-0.1, -0.05) is 35.9 Å². The third-order valence-electron chi connectivity index (χ3n) is 5.27. The van der Waals surface area contributed by atoms with E-state index in [4.69, 9.17) is 21.1 Å². The molecule has 1 heterocycles. The molecule has 0 saturated heterocycles. The molecule has 1 N–H and O–H groups in total. The number of carbonyl (C=O) groups is 1. The number of hydrogen-bond acceptors (Lipinski definition) is 6. The van der Waals surface area contributed by atoms with Gasteiger partial charge >= 0.3 is 0 Å². The summed E-state index contributed by atoms with van der Waals surface area (Å²) in [6, 6.07) is 16.9. The Kier molecular flexibility index (Phi) is 8.60. The SMILES string of the molecule is O=C(CN(c1cccc(F)c1)S(=O)(=O)c1ccc2c(c1)OCCO2)NCCSCc1ccccc1Cl. The minimum Gasteiger partial charge on any atom is -0.486 e. The highest BCUT2D eigenvalue weighted by Crippen LogP contribution is 2.34. The van der Waals surface area contributed by atoms with E-state index >= 15 is 0 Å². The minimum absolute atomic E-state index is 0.0353. The summed E-state index contributed by atoms with van der Waals surface area (Å²) < 4.78 is 52.9. The number of nitrogens with one attached hydrogen (secondary N) is 1. The predicted octanol–water partition coefficient (Wildman–Crippen LogP) is 4.50. The normalized spacial score (nSPS) is 12.7. The second-order valence-corrected chi connectivity index (χ2v) is 11.2. The zero-order chi connectivity index (χ0) is 25.5. The van der Waals surface area contributed by atoms with Crippen LogP contribution in [0.4, 0.5) is 10.1 Å². The topological polar surface area (TPSA) is 84.9 Å². The molecule has 1 amide bonds. The van der Waals surface area contributed by atoms with Gasteiger partial charge in [0.25, 0.3) is 10.0 Å². The van der Waals surface area contributed by atoms with Crippen LogP contribution in [0.3, 0.4) is 0 Å². The standard InChI is InChI=1S/C25H24ClFN2O5S2/c26-22-7-2-1-4-18(22)17-35-13-10-28-25(30)16-29(20-6-3-5-19(27)14-20)36(31,32)21-8-9-23-24(15-21)34-12-11-33-23/h1-9,14-15H,10-13,16-17H2,(H,28,30). The third-order valence-corrected chi connectivity index (χ3v) is 8.42. The number of nitrogens with zero attached hydrogens (tertiary/aromatic N) is 1. The molecule has 1 aliphatic heterocycles. The van der Waals surface area contributed by atoms with Crippen molar-refractivity contribution in [2.45, 2.75) is 10.6 Å². The molecular formula is C25H24ClFN2O5S2. The summed E-state index contributed by atoms with van der Waals surface area (Å²) in [4.78, 5) is 12.6. The molecule has 1 aliphatic rings. The lowest BCUT2D eigenvalue weighted by atomic mass is 10.2. The molecule has 4 rings (SSSR count). The zero-order valence-corrected chi connectivity index (χ0v) is 21.5. The number of amides is 1. The summed E-state index contributed by atoms with van der Waals surface area (Å²) in [7, 11) is -4.23. The molecule has 0 unspecified atom stereocenters. The summed E-state index contributed by atoms with van der Waals surface area (Å²) in [5.41, 5.74) is 1.03. The maximum atomic E-state index is 14.0. The van der Waals surface area contributed by atoms with Crippen LogP contribution < -0.4 is 19.1 Å². The van der Waals surface area contributed by atoms with Crippen molar-refractivity contribution in [3.8, 4) is 11.5 Å². The van der Waals surface area contributed by atoms with Crippen molar-refractivity contribution in [1.29, 1.82) is 0 Å². The summed E-state index contributed by atoms with van der Waals surface area (Å²) in [5, 5.41) is 3.42. The first-order valence-electron chi connectivity index (χ1n) is 11.1. The van der Waals surface area contributed by atoms with E-state index < -0.39 is 28.3 Å². The Morgan fingerprint density at radius 1 is 1.03 bits per heavy atom. The molecule has 0 aliphatic carbocycles. The molecule has 0 saturated carbocycles. The van der Waals surface area contributed by atoms with Crippen LogP contribution in [-0.4, -0.2) is 46.4 Å². The molecule has 0 atom stereocenters. The van der Waals surface area contributed by atoms with Gasteiger partial charge in [0.15, 0.2) is 11.5 Å².